The molecule has 0 saturated carbocycles. The maximum absolute atomic E-state index is 13.2. The van der Waals surface area contributed by atoms with E-state index in [1.165, 1.54) is 6.20 Å². The summed E-state index contributed by atoms with van der Waals surface area (Å²) in [6, 6.07) is 9.31. The molecule has 0 aliphatic carbocycles. The molecule has 9 nitrogen and oxygen atoms in total. The van der Waals surface area contributed by atoms with E-state index in [0.717, 1.165) is 35.5 Å². The third-order valence-electron chi connectivity index (χ3n) is 5.86. The van der Waals surface area contributed by atoms with E-state index in [9.17, 15) is 9.59 Å². The van der Waals surface area contributed by atoms with Crippen LogP contribution in [-0.4, -0.2) is 58.1 Å². The van der Waals surface area contributed by atoms with Crippen molar-refractivity contribution in [2.75, 3.05) is 36.9 Å². The molecule has 34 heavy (non-hydrogen) atoms. The van der Waals surface area contributed by atoms with E-state index in [0.29, 0.717) is 25.3 Å². The number of anilines is 2. The zero-order chi connectivity index (χ0) is 24.1. The second-order valence-electron chi connectivity index (χ2n) is 8.33. The summed E-state index contributed by atoms with van der Waals surface area (Å²) < 4.78 is 5.43. The molecule has 176 valence electrons. The highest BCUT2D eigenvalue weighted by atomic mass is 16.5. The van der Waals surface area contributed by atoms with Gasteiger partial charge in [0, 0.05) is 48.7 Å². The Morgan fingerprint density at radius 3 is 2.59 bits per heavy atom. The SMILES string of the molecule is C[C@H](Cc1ccc(-c2cnc(N)c(C(=O)Cc3cnccc3N3CCOCC3)n2)cc1)C(=O)O. The lowest BCUT2D eigenvalue weighted by atomic mass is 9.99. The topological polar surface area (TPSA) is 132 Å². The van der Waals surface area contributed by atoms with Gasteiger partial charge < -0.3 is 20.5 Å². The quantitative estimate of drug-likeness (QED) is 0.486. The number of carbonyl (C=O) groups excluding carboxylic acids is 1. The first-order valence-electron chi connectivity index (χ1n) is 11.2. The molecule has 3 heterocycles. The number of benzene rings is 1. The van der Waals surface area contributed by atoms with Crippen LogP contribution in [0.2, 0.25) is 0 Å². The Bertz CT molecular complexity index is 1180. The average Bonchev–Trinajstić information content (AvgIpc) is 2.85. The number of carbonyl (C=O) groups is 2. The van der Waals surface area contributed by atoms with Gasteiger partial charge in [-0.1, -0.05) is 31.2 Å². The number of ether oxygens (including phenoxy) is 1. The van der Waals surface area contributed by atoms with Gasteiger partial charge in [-0.3, -0.25) is 14.6 Å². The van der Waals surface area contributed by atoms with Crippen LogP contribution in [0.5, 0.6) is 0 Å². The van der Waals surface area contributed by atoms with Gasteiger partial charge in [0.25, 0.3) is 0 Å². The number of aliphatic carboxylic acids is 1. The van der Waals surface area contributed by atoms with E-state index in [1.54, 1.807) is 19.3 Å². The number of carboxylic acid groups (broad SMARTS) is 1. The van der Waals surface area contributed by atoms with Crippen molar-refractivity contribution in [2.45, 2.75) is 19.8 Å². The van der Waals surface area contributed by atoms with Crippen molar-refractivity contribution in [1.82, 2.24) is 15.0 Å². The Kier molecular flexibility index (Phi) is 7.12. The fraction of sp³-hybridized carbons (Fsp3) is 0.320. The second kappa shape index (κ2) is 10.4. The molecule has 3 aromatic rings. The molecule has 1 aliphatic heterocycles. The van der Waals surface area contributed by atoms with Crippen LogP contribution >= 0.6 is 0 Å². The molecule has 1 aliphatic rings. The normalized spacial score (nSPS) is 14.6. The van der Waals surface area contributed by atoms with Gasteiger partial charge in [-0.15, -0.1) is 0 Å². The Balaban J connectivity index is 1.54. The summed E-state index contributed by atoms with van der Waals surface area (Å²) >= 11 is 0. The van der Waals surface area contributed by atoms with Gasteiger partial charge in [-0.05, 0) is 18.1 Å². The van der Waals surface area contributed by atoms with Crippen molar-refractivity contribution < 1.29 is 19.4 Å². The van der Waals surface area contributed by atoms with E-state index in [-0.39, 0.29) is 23.7 Å². The number of pyridine rings is 1. The largest absolute Gasteiger partial charge is 0.481 e. The summed E-state index contributed by atoms with van der Waals surface area (Å²) in [7, 11) is 0. The number of nitrogens with zero attached hydrogens (tertiary/aromatic N) is 4. The van der Waals surface area contributed by atoms with Crippen LogP contribution in [0.1, 0.15) is 28.5 Å². The van der Waals surface area contributed by atoms with Crippen molar-refractivity contribution >= 4 is 23.3 Å². The first-order chi connectivity index (χ1) is 16.4. The first kappa shape index (κ1) is 23.3. The van der Waals surface area contributed by atoms with Gasteiger partial charge in [0.15, 0.2) is 11.6 Å². The Morgan fingerprint density at radius 1 is 1.15 bits per heavy atom. The number of nitrogens with two attached hydrogens (primary N) is 1. The van der Waals surface area contributed by atoms with Crippen molar-refractivity contribution in [3.05, 3.63) is 65.7 Å². The molecule has 1 atom stereocenters. The predicted octanol–water partition coefficient (Wildman–Crippen LogP) is 2.65. The van der Waals surface area contributed by atoms with E-state index in [1.807, 2.05) is 30.3 Å². The molecule has 3 N–H and O–H groups in total. The summed E-state index contributed by atoms with van der Waals surface area (Å²) in [6.45, 7) is 4.47. The van der Waals surface area contributed by atoms with Crippen LogP contribution in [-0.2, 0) is 22.4 Å². The molecule has 0 amide bonds. The third-order valence-corrected chi connectivity index (χ3v) is 5.86. The zero-order valence-corrected chi connectivity index (χ0v) is 19.0. The van der Waals surface area contributed by atoms with Crippen LogP contribution in [0.3, 0.4) is 0 Å². The molecule has 0 radical (unpaired) electrons. The number of aromatic nitrogens is 3. The Labute approximate surface area is 197 Å². The highest BCUT2D eigenvalue weighted by molar-refractivity contribution is 6.00. The van der Waals surface area contributed by atoms with Gasteiger partial charge in [-0.2, -0.15) is 0 Å². The molecule has 0 unspecified atom stereocenters. The average molecular weight is 462 g/mol. The second-order valence-corrected chi connectivity index (χ2v) is 8.33. The minimum atomic E-state index is -0.831. The van der Waals surface area contributed by atoms with Gasteiger partial charge in [0.05, 0.1) is 31.0 Å². The van der Waals surface area contributed by atoms with Crippen molar-refractivity contribution in [3.8, 4) is 11.3 Å². The Morgan fingerprint density at radius 2 is 1.88 bits per heavy atom. The molecular formula is C25H27N5O4. The molecule has 4 rings (SSSR count). The van der Waals surface area contributed by atoms with E-state index >= 15 is 0 Å². The van der Waals surface area contributed by atoms with Crippen molar-refractivity contribution in [2.24, 2.45) is 5.92 Å². The standard InChI is InChI=1S/C25H27N5O4/c1-16(25(32)33)12-17-2-4-18(5-3-17)20-15-28-24(26)23(29-20)22(31)13-19-14-27-7-6-21(19)30-8-10-34-11-9-30/h2-7,14-16H,8-13H2,1H3,(H2,26,28)(H,32,33)/t16-/m1/s1. The summed E-state index contributed by atoms with van der Waals surface area (Å²) in [6.07, 6.45) is 5.49. The molecule has 1 fully saturated rings. The van der Waals surface area contributed by atoms with E-state index in [4.69, 9.17) is 15.6 Å². The lowest BCUT2D eigenvalue weighted by molar-refractivity contribution is -0.141. The molecule has 2 aromatic heterocycles. The van der Waals surface area contributed by atoms with Crippen LogP contribution in [0, 0.1) is 5.92 Å². The number of hydrogen-bond donors (Lipinski definition) is 2. The lowest BCUT2D eigenvalue weighted by Gasteiger charge is -2.30. The third kappa shape index (κ3) is 5.37. The number of morpholine rings is 1. The number of Topliss-reactive ketones (excluding diaryl/α,β-unsaturated/α-hetero) is 1. The summed E-state index contributed by atoms with van der Waals surface area (Å²) in [4.78, 5) is 39.4. The molecule has 9 heteroatoms. The highest BCUT2D eigenvalue weighted by Gasteiger charge is 2.20. The van der Waals surface area contributed by atoms with Crippen molar-refractivity contribution in [1.29, 1.82) is 0 Å². The van der Waals surface area contributed by atoms with Crippen LogP contribution in [0.4, 0.5) is 11.5 Å². The number of rotatable bonds is 8. The molecular weight excluding hydrogens is 434 g/mol. The first-order valence-corrected chi connectivity index (χ1v) is 11.2. The number of ketones is 1. The van der Waals surface area contributed by atoms with Gasteiger partial charge >= 0.3 is 5.97 Å². The number of hydrogen-bond acceptors (Lipinski definition) is 8. The molecule has 0 bridgehead atoms. The monoisotopic (exact) mass is 461 g/mol. The minimum Gasteiger partial charge on any atom is -0.481 e. The number of nitrogen functional groups attached to an aromatic ring is 1. The van der Waals surface area contributed by atoms with Gasteiger partial charge in [-0.25, -0.2) is 9.97 Å². The minimum absolute atomic E-state index is 0.0810. The fourth-order valence-electron chi connectivity index (χ4n) is 3.92. The number of carboxylic acids is 1. The predicted molar refractivity (Wildman–Crippen MR) is 128 cm³/mol. The summed E-state index contributed by atoms with van der Waals surface area (Å²) in [5.41, 5.74) is 10.1. The van der Waals surface area contributed by atoms with E-state index < -0.39 is 11.9 Å². The maximum Gasteiger partial charge on any atom is 0.306 e. The van der Waals surface area contributed by atoms with Crippen molar-refractivity contribution in [3.63, 3.8) is 0 Å². The summed E-state index contributed by atoms with van der Waals surface area (Å²) in [5.74, 6) is -1.46. The van der Waals surface area contributed by atoms with Gasteiger partial charge in [0.2, 0.25) is 0 Å². The lowest BCUT2D eigenvalue weighted by Crippen LogP contribution is -2.37. The van der Waals surface area contributed by atoms with Crippen LogP contribution in [0.15, 0.2) is 48.9 Å². The van der Waals surface area contributed by atoms with Gasteiger partial charge in [0.1, 0.15) is 5.69 Å². The smallest absolute Gasteiger partial charge is 0.306 e. The molecule has 1 aromatic carbocycles. The molecule has 0 spiro atoms. The highest BCUT2D eigenvalue weighted by Crippen LogP contribution is 2.24. The van der Waals surface area contributed by atoms with E-state index in [2.05, 4.69) is 19.9 Å². The zero-order valence-electron chi connectivity index (χ0n) is 19.0. The Hall–Kier alpha value is -3.85. The molecule has 1 saturated heterocycles. The fourth-order valence-corrected chi connectivity index (χ4v) is 3.92. The van der Waals surface area contributed by atoms with Crippen LogP contribution < -0.4 is 10.6 Å². The van der Waals surface area contributed by atoms with Crippen LogP contribution in [0.25, 0.3) is 11.3 Å². The summed E-state index contributed by atoms with van der Waals surface area (Å²) in [5, 5.41) is 9.11. The maximum atomic E-state index is 13.2.